The monoisotopic (exact) mass is 277 g/mol. The molecule has 0 aromatic heterocycles. The molecule has 20 heavy (non-hydrogen) atoms. The van der Waals surface area contributed by atoms with Gasteiger partial charge in [0, 0.05) is 19.2 Å². The summed E-state index contributed by atoms with van der Waals surface area (Å²) in [7, 11) is 0. The number of hydrogen-bond acceptors (Lipinski definition) is 4. The Balaban J connectivity index is 2.05. The topological polar surface area (TPSA) is 72.4 Å². The molecule has 1 unspecified atom stereocenters. The summed E-state index contributed by atoms with van der Waals surface area (Å²) in [5, 5.41) is 10.9. The van der Waals surface area contributed by atoms with E-state index in [4.69, 9.17) is 5.73 Å². The molecule has 0 spiro atoms. The first-order valence-electron chi connectivity index (χ1n) is 7.02. The van der Waals surface area contributed by atoms with Crippen LogP contribution in [0.25, 0.3) is 0 Å². The Morgan fingerprint density at radius 1 is 1.45 bits per heavy atom. The van der Waals surface area contributed by atoms with Crippen LogP contribution in [0.2, 0.25) is 0 Å². The number of nitro groups is 1. The zero-order chi connectivity index (χ0) is 14.9. The molecule has 1 heterocycles. The Morgan fingerprint density at radius 2 is 2.15 bits per heavy atom. The summed E-state index contributed by atoms with van der Waals surface area (Å²) in [5.74, 6) is 0.686. The number of likely N-dealkylation sites (tertiary alicyclic amines) is 1. The van der Waals surface area contributed by atoms with Crippen molar-refractivity contribution >= 4 is 11.4 Å². The molecule has 1 aliphatic rings. The second kappa shape index (κ2) is 5.40. The van der Waals surface area contributed by atoms with Crippen molar-refractivity contribution in [1.82, 2.24) is 4.90 Å². The lowest BCUT2D eigenvalue weighted by atomic mass is 9.80. The second-order valence-corrected chi connectivity index (χ2v) is 6.74. The summed E-state index contributed by atoms with van der Waals surface area (Å²) < 4.78 is 0. The van der Waals surface area contributed by atoms with Crippen molar-refractivity contribution in [1.29, 1.82) is 0 Å². The Kier molecular flexibility index (Phi) is 3.99. The Hall–Kier alpha value is -1.62. The summed E-state index contributed by atoms with van der Waals surface area (Å²) in [6.45, 7) is 9.69. The highest BCUT2D eigenvalue weighted by Crippen LogP contribution is 2.34. The maximum Gasteiger partial charge on any atom is 0.292 e. The Morgan fingerprint density at radius 3 is 2.70 bits per heavy atom. The molecule has 5 heteroatoms. The standard InChI is InChI=1S/C15H23N3O2/c1-15(2,3)12-6-7-17(10-12)9-11-4-5-13(16)14(8-11)18(19)20/h4-5,8,12H,6-7,9-10,16H2,1-3H3. The van der Waals surface area contributed by atoms with Gasteiger partial charge in [0.05, 0.1) is 4.92 Å². The molecule has 1 aromatic carbocycles. The summed E-state index contributed by atoms with van der Waals surface area (Å²) in [6, 6.07) is 5.11. The molecule has 2 N–H and O–H groups in total. The fourth-order valence-electron chi connectivity index (χ4n) is 2.79. The van der Waals surface area contributed by atoms with Gasteiger partial charge in [0.25, 0.3) is 5.69 Å². The number of benzene rings is 1. The molecular formula is C15H23N3O2. The van der Waals surface area contributed by atoms with Gasteiger partial charge >= 0.3 is 0 Å². The Bertz CT molecular complexity index is 508. The van der Waals surface area contributed by atoms with Gasteiger partial charge in [0.2, 0.25) is 0 Å². The number of nitro benzene ring substituents is 1. The molecule has 0 aliphatic carbocycles. The summed E-state index contributed by atoms with van der Waals surface area (Å²) in [5.41, 5.74) is 7.14. The van der Waals surface area contributed by atoms with Crippen LogP contribution in [0, 0.1) is 21.4 Å². The van der Waals surface area contributed by atoms with E-state index in [9.17, 15) is 10.1 Å². The number of nitrogen functional groups attached to an aromatic ring is 1. The van der Waals surface area contributed by atoms with Gasteiger partial charge in [-0.15, -0.1) is 0 Å². The van der Waals surface area contributed by atoms with Crippen LogP contribution in [0.1, 0.15) is 32.8 Å². The van der Waals surface area contributed by atoms with Crippen LogP contribution in [0.4, 0.5) is 11.4 Å². The van der Waals surface area contributed by atoms with Gasteiger partial charge in [-0.25, -0.2) is 0 Å². The van der Waals surface area contributed by atoms with E-state index in [2.05, 4.69) is 25.7 Å². The minimum absolute atomic E-state index is 0.00840. The van der Waals surface area contributed by atoms with Gasteiger partial charge in [-0.05, 0) is 35.9 Å². The van der Waals surface area contributed by atoms with Crippen molar-refractivity contribution in [2.24, 2.45) is 11.3 Å². The van der Waals surface area contributed by atoms with Gasteiger partial charge in [-0.3, -0.25) is 15.0 Å². The fourth-order valence-corrected chi connectivity index (χ4v) is 2.79. The predicted molar refractivity (Wildman–Crippen MR) is 80.3 cm³/mol. The van der Waals surface area contributed by atoms with E-state index in [1.54, 1.807) is 12.1 Å². The molecule has 110 valence electrons. The first-order chi connectivity index (χ1) is 9.27. The molecule has 1 aromatic rings. The van der Waals surface area contributed by atoms with Crippen LogP contribution in [0.5, 0.6) is 0 Å². The third-order valence-corrected chi connectivity index (χ3v) is 4.19. The average Bonchev–Trinajstić information content (AvgIpc) is 2.79. The van der Waals surface area contributed by atoms with Gasteiger partial charge in [-0.1, -0.05) is 26.8 Å². The third kappa shape index (κ3) is 3.28. The third-order valence-electron chi connectivity index (χ3n) is 4.19. The molecule has 1 fully saturated rings. The van der Waals surface area contributed by atoms with Crippen LogP contribution in [-0.4, -0.2) is 22.9 Å². The Labute approximate surface area is 119 Å². The number of hydrogen-bond donors (Lipinski definition) is 1. The quantitative estimate of drug-likeness (QED) is 0.523. The largest absolute Gasteiger partial charge is 0.393 e. The summed E-state index contributed by atoms with van der Waals surface area (Å²) in [4.78, 5) is 12.9. The van der Waals surface area contributed by atoms with Crippen molar-refractivity contribution in [3.8, 4) is 0 Å². The van der Waals surface area contributed by atoms with Gasteiger partial charge < -0.3 is 5.73 Å². The molecule has 0 saturated carbocycles. The average molecular weight is 277 g/mol. The van der Waals surface area contributed by atoms with E-state index in [-0.39, 0.29) is 11.4 Å². The maximum absolute atomic E-state index is 10.9. The minimum atomic E-state index is -0.416. The smallest absolute Gasteiger partial charge is 0.292 e. The van der Waals surface area contributed by atoms with Gasteiger partial charge in [-0.2, -0.15) is 0 Å². The lowest BCUT2D eigenvalue weighted by Gasteiger charge is -2.27. The molecule has 0 radical (unpaired) electrons. The highest BCUT2D eigenvalue weighted by Gasteiger charge is 2.31. The van der Waals surface area contributed by atoms with E-state index in [1.165, 1.54) is 6.42 Å². The molecule has 5 nitrogen and oxygen atoms in total. The van der Waals surface area contributed by atoms with E-state index in [0.717, 1.165) is 25.2 Å². The fraction of sp³-hybridized carbons (Fsp3) is 0.600. The maximum atomic E-state index is 10.9. The number of rotatable bonds is 3. The van der Waals surface area contributed by atoms with E-state index in [0.29, 0.717) is 11.3 Å². The van der Waals surface area contributed by atoms with E-state index < -0.39 is 4.92 Å². The molecule has 1 aliphatic heterocycles. The molecule has 0 amide bonds. The first kappa shape index (κ1) is 14.8. The molecule has 1 saturated heterocycles. The highest BCUT2D eigenvalue weighted by atomic mass is 16.6. The van der Waals surface area contributed by atoms with Crippen molar-refractivity contribution in [2.45, 2.75) is 33.7 Å². The van der Waals surface area contributed by atoms with Crippen molar-refractivity contribution in [3.05, 3.63) is 33.9 Å². The molecular weight excluding hydrogens is 254 g/mol. The van der Waals surface area contributed by atoms with E-state index in [1.807, 2.05) is 6.07 Å². The predicted octanol–water partition coefficient (Wildman–Crippen LogP) is 3.05. The number of nitrogens with zero attached hydrogens (tertiary/aromatic N) is 2. The van der Waals surface area contributed by atoms with E-state index >= 15 is 0 Å². The van der Waals surface area contributed by atoms with Crippen molar-refractivity contribution < 1.29 is 4.92 Å². The zero-order valence-corrected chi connectivity index (χ0v) is 12.4. The van der Waals surface area contributed by atoms with Crippen LogP contribution in [0.3, 0.4) is 0 Å². The zero-order valence-electron chi connectivity index (χ0n) is 12.4. The molecule has 2 rings (SSSR count). The van der Waals surface area contributed by atoms with Crippen LogP contribution < -0.4 is 5.73 Å². The molecule has 0 bridgehead atoms. The number of anilines is 1. The van der Waals surface area contributed by atoms with Gasteiger partial charge in [0.15, 0.2) is 0 Å². The van der Waals surface area contributed by atoms with Crippen molar-refractivity contribution in [3.63, 3.8) is 0 Å². The molecule has 1 atom stereocenters. The van der Waals surface area contributed by atoms with Crippen LogP contribution in [0.15, 0.2) is 18.2 Å². The second-order valence-electron chi connectivity index (χ2n) is 6.74. The SMILES string of the molecule is CC(C)(C)C1CCN(Cc2ccc(N)c([N+](=O)[O-])c2)C1. The number of nitrogens with two attached hydrogens (primary N) is 1. The van der Waals surface area contributed by atoms with Crippen LogP contribution >= 0.6 is 0 Å². The normalized spacial score (nSPS) is 20.2. The lowest BCUT2D eigenvalue weighted by molar-refractivity contribution is -0.384. The minimum Gasteiger partial charge on any atom is -0.393 e. The van der Waals surface area contributed by atoms with Gasteiger partial charge in [0.1, 0.15) is 5.69 Å². The summed E-state index contributed by atoms with van der Waals surface area (Å²) >= 11 is 0. The van der Waals surface area contributed by atoms with Crippen LogP contribution in [-0.2, 0) is 6.54 Å². The summed E-state index contributed by atoms with van der Waals surface area (Å²) in [6.07, 6.45) is 1.20. The lowest BCUT2D eigenvalue weighted by Crippen LogP contribution is -2.25. The first-order valence-corrected chi connectivity index (χ1v) is 7.02. The van der Waals surface area contributed by atoms with Crippen molar-refractivity contribution in [2.75, 3.05) is 18.8 Å². The highest BCUT2D eigenvalue weighted by molar-refractivity contribution is 5.59.